The third kappa shape index (κ3) is 5.79. The van der Waals surface area contributed by atoms with E-state index in [1.54, 1.807) is 0 Å². The lowest BCUT2D eigenvalue weighted by Gasteiger charge is -2.36. The highest BCUT2D eigenvalue weighted by molar-refractivity contribution is 5.57. The highest BCUT2D eigenvalue weighted by atomic mass is 16.5. The Bertz CT molecular complexity index is 1130. The maximum Gasteiger partial charge on any atom is 0.124 e. The summed E-state index contributed by atoms with van der Waals surface area (Å²) in [6.45, 7) is 25.2. The first-order valence-electron chi connectivity index (χ1n) is 13.3. The molecule has 2 aromatic carbocycles. The Morgan fingerprint density at radius 2 is 1.17 bits per heavy atom. The summed E-state index contributed by atoms with van der Waals surface area (Å²) in [6, 6.07) is 4.00. The zero-order valence-corrected chi connectivity index (χ0v) is 24.7. The summed E-state index contributed by atoms with van der Waals surface area (Å²) >= 11 is 0. The van der Waals surface area contributed by atoms with Gasteiger partial charge in [-0.3, -0.25) is 0 Å². The molecule has 4 rings (SSSR count). The molecule has 0 saturated carbocycles. The number of benzene rings is 2. The van der Waals surface area contributed by atoms with Crippen molar-refractivity contribution in [1.82, 2.24) is 0 Å². The highest BCUT2D eigenvalue weighted by Gasteiger charge is 2.34. The Labute approximate surface area is 219 Å². The van der Waals surface area contributed by atoms with Gasteiger partial charge in [-0.1, -0.05) is 41.5 Å². The summed E-state index contributed by atoms with van der Waals surface area (Å²) in [5.74, 6) is 2.77. The molecule has 200 valence electrons. The van der Waals surface area contributed by atoms with Gasteiger partial charge in [0.05, 0.1) is 0 Å². The summed E-state index contributed by atoms with van der Waals surface area (Å²) < 4.78 is 12.2. The van der Waals surface area contributed by atoms with Gasteiger partial charge < -0.3 is 19.7 Å². The van der Waals surface area contributed by atoms with E-state index < -0.39 is 0 Å². The number of ether oxygens (including phenoxy) is 2. The van der Waals surface area contributed by atoms with Gasteiger partial charge in [0, 0.05) is 22.3 Å². The average Bonchev–Trinajstić information content (AvgIpc) is 2.69. The Kier molecular flexibility index (Phi) is 7.20. The van der Waals surface area contributed by atoms with Gasteiger partial charge in [-0.15, -0.1) is 0 Å². The van der Waals surface area contributed by atoms with Crippen LogP contribution in [0.15, 0.2) is 12.1 Å². The molecule has 4 heteroatoms. The smallest absolute Gasteiger partial charge is 0.124 e. The van der Waals surface area contributed by atoms with Crippen LogP contribution >= 0.6 is 0 Å². The van der Waals surface area contributed by atoms with Gasteiger partial charge in [0.15, 0.2) is 0 Å². The first kappa shape index (κ1) is 28.2. The first-order chi connectivity index (χ1) is 16.2. The van der Waals surface area contributed by atoms with Crippen LogP contribution in [0.4, 0.5) is 0 Å². The van der Waals surface area contributed by atoms with Crippen molar-refractivity contribution in [3.63, 3.8) is 0 Å². The minimum atomic E-state index is -0.106. The molecule has 0 aliphatic carbocycles. The van der Waals surface area contributed by atoms with E-state index >= 15 is 0 Å². The predicted molar refractivity (Wildman–Crippen MR) is 149 cm³/mol. The fraction of sp³-hybridized carbons (Fsp3) is 0.625. The van der Waals surface area contributed by atoms with Crippen molar-refractivity contribution in [2.45, 2.75) is 131 Å². The third-order valence-corrected chi connectivity index (χ3v) is 7.48. The largest absolute Gasteiger partial charge is 0.507 e. The van der Waals surface area contributed by atoms with Gasteiger partial charge in [0.2, 0.25) is 0 Å². The van der Waals surface area contributed by atoms with Gasteiger partial charge in [-0.05, 0) is 101 Å². The number of phenolic OH excluding ortho intramolecular Hbond substituents is 2. The SMILES string of the molecule is Cc1c(O)c(C(C)(C)C)cc2c1CCC(C)(C)O2.Cc1cc2c(c(C(C)(C)C)c1O)CCC(C)(C)O2. The second-order valence-corrected chi connectivity index (χ2v) is 14.0. The number of aryl methyl sites for hydroxylation is 1. The van der Waals surface area contributed by atoms with Crippen LogP contribution in [0, 0.1) is 13.8 Å². The number of hydrogen-bond acceptors (Lipinski definition) is 4. The van der Waals surface area contributed by atoms with Crippen molar-refractivity contribution < 1.29 is 19.7 Å². The van der Waals surface area contributed by atoms with Crippen LogP contribution in [0.1, 0.15) is 115 Å². The molecule has 0 saturated heterocycles. The maximum absolute atomic E-state index is 10.4. The van der Waals surface area contributed by atoms with Crippen molar-refractivity contribution in [2.75, 3.05) is 0 Å². The van der Waals surface area contributed by atoms with E-state index in [9.17, 15) is 10.2 Å². The Balaban J connectivity index is 0.000000201. The molecule has 36 heavy (non-hydrogen) atoms. The molecule has 4 nitrogen and oxygen atoms in total. The number of aromatic hydroxyl groups is 2. The third-order valence-electron chi connectivity index (χ3n) is 7.48. The van der Waals surface area contributed by atoms with Crippen LogP contribution in [0.25, 0.3) is 0 Å². The molecule has 0 radical (unpaired) electrons. The minimum absolute atomic E-state index is 0.0645. The number of hydrogen-bond donors (Lipinski definition) is 2. The first-order valence-corrected chi connectivity index (χ1v) is 13.3. The number of phenols is 2. The van der Waals surface area contributed by atoms with Gasteiger partial charge in [-0.25, -0.2) is 0 Å². The quantitative estimate of drug-likeness (QED) is 0.386. The summed E-state index contributed by atoms with van der Waals surface area (Å²) in [7, 11) is 0. The van der Waals surface area contributed by atoms with Gasteiger partial charge >= 0.3 is 0 Å². The van der Waals surface area contributed by atoms with Crippen LogP contribution in [-0.4, -0.2) is 21.4 Å². The highest BCUT2D eigenvalue weighted by Crippen LogP contribution is 2.46. The standard InChI is InChI=1S/2C16H24O2/c1-10-11-7-8-16(5,6)18-13(11)9-12(14(10)17)15(2,3)4;1-10-9-12-11(7-8-16(5,6)18-12)13(14(10)17)15(2,3)4/h2*9,17H,7-8H2,1-6H3. The van der Waals surface area contributed by atoms with Gasteiger partial charge in [0.1, 0.15) is 34.2 Å². The molecule has 0 spiro atoms. The zero-order chi connectivity index (χ0) is 27.4. The fourth-order valence-corrected chi connectivity index (χ4v) is 5.30. The molecule has 0 amide bonds. The van der Waals surface area contributed by atoms with E-state index in [0.717, 1.165) is 59.4 Å². The van der Waals surface area contributed by atoms with E-state index in [-0.39, 0.29) is 22.0 Å². The van der Waals surface area contributed by atoms with Crippen molar-refractivity contribution in [1.29, 1.82) is 0 Å². The number of rotatable bonds is 0. The average molecular weight is 497 g/mol. The van der Waals surface area contributed by atoms with Crippen molar-refractivity contribution in [2.24, 2.45) is 0 Å². The molecule has 2 N–H and O–H groups in total. The lowest BCUT2D eigenvalue weighted by molar-refractivity contribution is 0.0834. The molecular formula is C32H48O4. The Morgan fingerprint density at radius 1 is 0.694 bits per heavy atom. The van der Waals surface area contributed by atoms with E-state index in [0.29, 0.717) is 11.5 Å². The van der Waals surface area contributed by atoms with E-state index in [4.69, 9.17) is 9.47 Å². The van der Waals surface area contributed by atoms with Crippen LogP contribution in [0.5, 0.6) is 23.0 Å². The monoisotopic (exact) mass is 496 g/mol. The maximum atomic E-state index is 10.4. The van der Waals surface area contributed by atoms with Crippen molar-refractivity contribution in [3.05, 3.63) is 45.5 Å². The summed E-state index contributed by atoms with van der Waals surface area (Å²) in [4.78, 5) is 0. The molecule has 2 aromatic rings. The topological polar surface area (TPSA) is 58.9 Å². The Morgan fingerprint density at radius 3 is 1.64 bits per heavy atom. The van der Waals surface area contributed by atoms with Gasteiger partial charge in [0.25, 0.3) is 0 Å². The van der Waals surface area contributed by atoms with Crippen LogP contribution in [0.3, 0.4) is 0 Å². The molecule has 0 fully saturated rings. The molecular weight excluding hydrogens is 448 g/mol. The normalized spacial score (nSPS) is 18.1. The van der Waals surface area contributed by atoms with Crippen molar-refractivity contribution >= 4 is 0 Å². The predicted octanol–water partition coefficient (Wildman–Crippen LogP) is 8.20. The van der Waals surface area contributed by atoms with E-state index in [1.165, 1.54) is 11.1 Å². The van der Waals surface area contributed by atoms with Crippen LogP contribution in [-0.2, 0) is 23.7 Å². The lowest BCUT2D eigenvalue weighted by Crippen LogP contribution is -2.34. The zero-order valence-electron chi connectivity index (χ0n) is 24.7. The fourth-order valence-electron chi connectivity index (χ4n) is 5.30. The van der Waals surface area contributed by atoms with E-state index in [2.05, 4.69) is 69.2 Å². The molecule has 0 bridgehead atoms. The van der Waals surface area contributed by atoms with Crippen LogP contribution in [0.2, 0.25) is 0 Å². The molecule has 2 aliphatic heterocycles. The van der Waals surface area contributed by atoms with Crippen molar-refractivity contribution in [3.8, 4) is 23.0 Å². The molecule has 2 heterocycles. The minimum Gasteiger partial charge on any atom is -0.507 e. The molecule has 0 aromatic heterocycles. The van der Waals surface area contributed by atoms with E-state index in [1.807, 2.05) is 26.0 Å². The van der Waals surface area contributed by atoms with Gasteiger partial charge in [-0.2, -0.15) is 0 Å². The summed E-state index contributed by atoms with van der Waals surface area (Å²) in [5.41, 5.74) is 5.90. The summed E-state index contributed by atoms with van der Waals surface area (Å²) in [6.07, 6.45) is 3.94. The second-order valence-electron chi connectivity index (χ2n) is 14.0. The second kappa shape index (κ2) is 9.19. The molecule has 0 unspecified atom stereocenters. The summed E-state index contributed by atoms with van der Waals surface area (Å²) in [5, 5.41) is 20.7. The lowest BCUT2D eigenvalue weighted by atomic mass is 9.78. The molecule has 0 atom stereocenters. The van der Waals surface area contributed by atoms with Crippen LogP contribution < -0.4 is 9.47 Å². The number of fused-ring (bicyclic) bond motifs is 2. The molecule has 2 aliphatic rings. The Hall–Kier alpha value is -2.36.